The normalized spacial score (nSPS) is 18.6. The van der Waals surface area contributed by atoms with Crippen molar-refractivity contribution in [1.29, 1.82) is 5.26 Å². The minimum absolute atomic E-state index is 0.0671. The highest BCUT2D eigenvalue weighted by molar-refractivity contribution is 7.91. The molecule has 1 atom stereocenters. The fourth-order valence-electron chi connectivity index (χ4n) is 3.10. The van der Waals surface area contributed by atoms with Crippen molar-refractivity contribution in [2.75, 3.05) is 11.5 Å². The Balaban J connectivity index is 2.18. The lowest BCUT2D eigenvalue weighted by Crippen LogP contribution is -2.29. The number of sulfone groups is 1. The topological polar surface area (TPSA) is 113 Å². The molecule has 2 aromatic rings. The predicted octanol–water partition coefficient (Wildman–Crippen LogP) is 2.50. The van der Waals surface area contributed by atoms with Gasteiger partial charge in [0, 0.05) is 6.21 Å². The maximum atomic E-state index is 12.6. The first-order valence-corrected chi connectivity index (χ1v) is 10.3. The van der Waals surface area contributed by atoms with Gasteiger partial charge in [0.25, 0.3) is 5.56 Å². The van der Waals surface area contributed by atoms with E-state index < -0.39 is 27.3 Å². The highest BCUT2D eigenvalue weighted by Gasteiger charge is 2.33. The largest absolute Gasteiger partial charge is 0.494 e. The number of nitriles is 1. The Morgan fingerprint density at radius 1 is 1.41 bits per heavy atom. The summed E-state index contributed by atoms with van der Waals surface area (Å²) < 4.78 is 24.6. The van der Waals surface area contributed by atoms with Gasteiger partial charge in [0.2, 0.25) is 5.88 Å². The molecule has 1 N–H and O–H groups in total. The van der Waals surface area contributed by atoms with Crippen molar-refractivity contribution in [1.82, 2.24) is 4.57 Å². The van der Waals surface area contributed by atoms with Crippen LogP contribution in [0, 0.1) is 18.3 Å². The third-order valence-corrected chi connectivity index (χ3v) is 6.62. The molecule has 1 aliphatic heterocycles. The third kappa shape index (κ3) is 3.61. The standard InChI is InChI=1S/C18H16ClN3O4S/c1-11-13(8-20)17(23)22(12-6-7-27(25,26)10-12)18(24)14(11)9-21-16-5-3-2-4-15(16)19/h2-5,9,12,24H,6-7,10H2,1H3/t12-/m0/s1. The van der Waals surface area contributed by atoms with Crippen LogP contribution in [0.1, 0.15) is 29.2 Å². The molecule has 9 heteroatoms. The zero-order chi connectivity index (χ0) is 19.8. The van der Waals surface area contributed by atoms with Crippen molar-refractivity contribution in [2.45, 2.75) is 19.4 Å². The minimum atomic E-state index is -3.29. The van der Waals surface area contributed by atoms with Crippen molar-refractivity contribution in [2.24, 2.45) is 4.99 Å². The van der Waals surface area contributed by atoms with Gasteiger partial charge in [0.1, 0.15) is 11.6 Å². The number of aromatic hydroxyl groups is 1. The Morgan fingerprint density at radius 2 is 2.11 bits per heavy atom. The Hall–Kier alpha value is -2.63. The highest BCUT2D eigenvalue weighted by atomic mass is 35.5. The average Bonchev–Trinajstić information content (AvgIpc) is 2.96. The molecule has 1 aromatic carbocycles. The third-order valence-electron chi connectivity index (χ3n) is 4.55. The maximum Gasteiger partial charge on any atom is 0.271 e. The molecule has 27 heavy (non-hydrogen) atoms. The summed E-state index contributed by atoms with van der Waals surface area (Å²) in [6.45, 7) is 1.53. The zero-order valence-corrected chi connectivity index (χ0v) is 16.0. The van der Waals surface area contributed by atoms with E-state index in [0.717, 1.165) is 4.57 Å². The molecule has 0 unspecified atom stereocenters. The number of benzene rings is 1. The number of rotatable bonds is 3. The molecule has 2 heterocycles. The summed E-state index contributed by atoms with van der Waals surface area (Å²) in [6.07, 6.45) is 1.52. The summed E-state index contributed by atoms with van der Waals surface area (Å²) >= 11 is 6.07. The molecule has 1 aliphatic rings. The van der Waals surface area contributed by atoms with Crippen LogP contribution in [0.25, 0.3) is 0 Å². The molecule has 0 saturated carbocycles. The van der Waals surface area contributed by atoms with Crippen LogP contribution in [0.5, 0.6) is 5.88 Å². The Labute approximate surface area is 161 Å². The Kier molecular flexibility index (Phi) is 5.09. The summed E-state index contributed by atoms with van der Waals surface area (Å²) in [5, 5.41) is 20.5. The van der Waals surface area contributed by atoms with Gasteiger partial charge >= 0.3 is 0 Å². The number of nitrogens with zero attached hydrogens (tertiary/aromatic N) is 3. The molecule has 7 nitrogen and oxygen atoms in total. The van der Waals surface area contributed by atoms with Crippen LogP contribution in [0.15, 0.2) is 34.1 Å². The molecule has 0 bridgehead atoms. The highest BCUT2D eigenvalue weighted by Crippen LogP contribution is 2.30. The molecule has 0 radical (unpaired) electrons. The minimum Gasteiger partial charge on any atom is -0.494 e. The second kappa shape index (κ2) is 7.18. The summed E-state index contributed by atoms with van der Waals surface area (Å²) in [5.41, 5.74) is 0.0446. The SMILES string of the molecule is Cc1c(C=Nc2ccccc2Cl)c(O)n([C@H]2CCS(=O)(=O)C2)c(=O)c1C#N. The van der Waals surface area contributed by atoms with E-state index in [1.54, 1.807) is 24.3 Å². The summed E-state index contributed by atoms with van der Waals surface area (Å²) in [7, 11) is -3.29. The van der Waals surface area contributed by atoms with E-state index in [9.17, 15) is 23.6 Å². The van der Waals surface area contributed by atoms with Crippen LogP contribution in [-0.4, -0.2) is 35.8 Å². The van der Waals surface area contributed by atoms with Crippen molar-refractivity contribution in [3.05, 3.63) is 56.3 Å². The molecule has 3 rings (SSSR count). The lowest BCUT2D eigenvalue weighted by atomic mass is 10.0. The number of halogens is 1. The first kappa shape index (κ1) is 19.1. The lowest BCUT2D eigenvalue weighted by molar-refractivity contribution is 0.379. The molecule has 1 saturated heterocycles. The molecule has 0 aliphatic carbocycles. The Morgan fingerprint density at radius 3 is 2.70 bits per heavy atom. The van der Waals surface area contributed by atoms with E-state index in [4.69, 9.17) is 11.6 Å². The number of hydrogen-bond donors (Lipinski definition) is 1. The molecule has 140 valence electrons. The monoisotopic (exact) mass is 405 g/mol. The van der Waals surface area contributed by atoms with Crippen molar-refractivity contribution in [3.63, 3.8) is 0 Å². The van der Waals surface area contributed by atoms with Gasteiger partial charge in [0.15, 0.2) is 9.84 Å². The summed E-state index contributed by atoms with van der Waals surface area (Å²) in [4.78, 5) is 16.9. The van der Waals surface area contributed by atoms with Gasteiger partial charge in [0.05, 0.1) is 33.8 Å². The molecule has 1 aromatic heterocycles. The first-order valence-electron chi connectivity index (χ1n) is 8.12. The van der Waals surface area contributed by atoms with Crippen LogP contribution in [0.4, 0.5) is 5.69 Å². The van der Waals surface area contributed by atoms with Crippen LogP contribution in [0.3, 0.4) is 0 Å². The second-order valence-electron chi connectivity index (χ2n) is 6.29. The number of aromatic nitrogens is 1. The van der Waals surface area contributed by atoms with E-state index in [0.29, 0.717) is 10.7 Å². The number of para-hydroxylation sites is 1. The van der Waals surface area contributed by atoms with E-state index in [-0.39, 0.29) is 34.6 Å². The van der Waals surface area contributed by atoms with Gasteiger partial charge in [-0.25, -0.2) is 8.42 Å². The van der Waals surface area contributed by atoms with E-state index in [1.807, 2.05) is 6.07 Å². The molecule has 0 spiro atoms. The summed E-state index contributed by atoms with van der Waals surface area (Å²) in [6, 6.07) is 7.95. The van der Waals surface area contributed by atoms with Crippen molar-refractivity contribution >= 4 is 33.3 Å². The van der Waals surface area contributed by atoms with Gasteiger partial charge in [-0.2, -0.15) is 5.26 Å². The van der Waals surface area contributed by atoms with E-state index in [1.165, 1.54) is 13.1 Å². The number of hydrogen-bond acceptors (Lipinski definition) is 6. The van der Waals surface area contributed by atoms with Crippen LogP contribution in [-0.2, 0) is 9.84 Å². The Bertz CT molecular complexity index is 1150. The van der Waals surface area contributed by atoms with Gasteiger partial charge in [-0.3, -0.25) is 14.4 Å². The van der Waals surface area contributed by atoms with Crippen molar-refractivity contribution < 1.29 is 13.5 Å². The van der Waals surface area contributed by atoms with Crippen LogP contribution < -0.4 is 5.56 Å². The van der Waals surface area contributed by atoms with Gasteiger partial charge in [-0.15, -0.1) is 0 Å². The van der Waals surface area contributed by atoms with E-state index in [2.05, 4.69) is 4.99 Å². The first-order chi connectivity index (χ1) is 12.7. The zero-order valence-electron chi connectivity index (χ0n) is 14.4. The lowest BCUT2D eigenvalue weighted by Gasteiger charge is -2.18. The van der Waals surface area contributed by atoms with Crippen LogP contribution in [0.2, 0.25) is 5.02 Å². The quantitative estimate of drug-likeness (QED) is 0.788. The van der Waals surface area contributed by atoms with Gasteiger partial charge in [-0.05, 0) is 31.0 Å². The average molecular weight is 406 g/mol. The van der Waals surface area contributed by atoms with E-state index >= 15 is 0 Å². The molecular formula is C18H16ClN3O4S. The maximum absolute atomic E-state index is 12.6. The second-order valence-corrected chi connectivity index (χ2v) is 8.93. The van der Waals surface area contributed by atoms with Gasteiger partial charge in [-0.1, -0.05) is 23.7 Å². The predicted molar refractivity (Wildman–Crippen MR) is 103 cm³/mol. The fourth-order valence-corrected chi connectivity index (χ4v) is 4.99. The molecular weight excluding hydrogens is 390 g/mol. The van der Waals surface area contributed by atoms with Crippen molar-refractivity contribution in [3.8, 4) is 11.9 Å². The smallest absolute Gasteiger partial charge is 0.271 e. The summed E-state index contributed by atoms with van der Waals surface area (Å²) in [5.74, 6) is -0.730. The number of aliphatic imine (C=N–C) groups is 1. The number of pyridine rings is 1. The van der Waals surface area contributed by atoms with Gasteiger partial charge < -0.3 is 5.11 Å². The molecule has 0 amide bonds. The van der Waals surface area contributed by atoms with Crippen LogP contribution >= 0.6 is 11.6 Å². The fraction of sp³-hybridized carbons (Fsp3) is 0.278. The molecule has 1 fully saturated rings.